The fraction of sp³-hybridized carbons (Fsp3) is 0.160. The van der Waals surface area contributed by atoms with E-state index in [1.807, 2.05) is 41.9 Å². The molecule has 0 aliphatic carbocycles. The number of fused-ring (bicyclic) bond motifs is 1. The van der Waals surface area contributed by atoms with Gasteiger partial charge in [0.1, 0.15) is 17.7 Å². The van der Waals surface area contributed by atoms with Crippen molar-refractivity contribution in [3.63, 3.8) is 0 Å². The Balaban J connectivity index is 1.59. The molecule has 1 amide bonds. The van der Waals surface area contributed by atoms with E-state index in [2.05, 4.69) is 20.4 Å². The third-order valence-electron chi connectivity index (χ3n) is 5.66. The molecule has 2 heterocycles. The maximum absolute atomic E-state index is 13.4. The Morgan fingerprint density at radius 1 is 1.20 bits per heavy atom. The summed E-state index contributed by atoms with van der Waals surface area (Å²) in [6, 6.07) is 16.7. The van der Waals surface area contributed by atoms with Crippen molar-refractivity contribution in [2.45, 2.75) is 19.5 Å². The van der Waals surface area contributed by atoms with Gasteiger partial charge in [-0.15, -0.1) is 0 Å². The largest absolute Gasteiger partial charge is 0.480 e. The number of carbonyl (C=O) groups is 2. The predicted octanol–water partition coefficient (Wildman–Crippen LogP) is 2.99. The molecule has 0 saturated heterocycles. The third-order valence-corrected chi connectivity index (χ3v) is 5.66. The molecule has 35 heavy (non-hydrogen) atoms. The molecule has 0 radical (unpaired) electrons. The summed E-state index contributed by atoms with van der Waals surface area (Å²) in [6.45, 7) is 1.92. The van der Waals surface area contributed by atoms with Crippen LogP contribution < -0.4 is 16.1 Å². The molecule has 10 heteroatoms. The van der Waals surface area contributed by atoms with Crippen molar-refractivity contribution in [2.75, 3.05) is 10.2 Å². The Bertz CT molecular complexity index is 1380. The van der Waals surface area contributed by atoms with E-state index in [-0.39, 0.29) is 5.82 Å². The molecule has 2 aromatic heterocycles. The highest BCUT2D eigenvalue weighted by Crippen LogP contribution is 2.22. The minimum atomic E-state index is -1.13. The number of rotatable bonds is 8. The van der Waals surface area contributed by atoms with Crippen molar-refractivity contribution in [3.8, 4) is 0 Å². The summed E-state index contributed by atoms with van der Waals surface area (Å²) in [4.78, 5) is 35.1. The average Bonchev–Trinajstić information content (AvgIpc) is 3.19. The molecule has 1 atom stereocenters. The number of carboxylic acids is 1. The molecule has 0 aliphatic heterocycles. The highest BCUT2D eigenvalue weighted by atomic mass is 16.4. The number of hydrogen-bond donors (Lipinski definition) is 3. The number of carbonyl (C=O) groups excluding carboxylic acids is 1. The third kappa shape index (κ3) is 4.96. The van der Waals surface area contributed by atoms with Gasteiger partial charge < -0.3 is 20.8 Å². The van der Waals surface area contributed by atoms with Crippen LogP contribution in [0.4, 0.5) is 11.5 Å². The summed E-state index contributed by atoms with van der Waals surface area (Å²) in [6.07, 6.45) is 3.09. The van der Waals surface area contributed by atoms with Crippen LogP contribution in [0, 0.1) is 0 Å². The van der Waals surface area contributed by atoms with Crippen LogP contribution in [0.1, 0.15) is 28.7 Å². The van der Waals surface area contributed by atoms with E-state index in [9.17, 15) is 14.7 Å². The van der Waals surface area contributed by atoms with Gasteiger partial charge in [-0.05, 0) is 55.0 Å². The number of anilines is 2. The Kier molecular flexibility index (Phi) is 6.72. The standard InChI is InChI=1S/C25H25N7O3/c1-16(25(34)35)32(22-5-3-4-12-27-22)24(33)18-8-11-21-20(13-18)30-23(31(21)2)15-28-19-9-6-17(7-10-19)14-29-26/h3-14,16,28H,15,26H2,1-2H3,(H,34,35)/t16-/m0/s1. The Morgan fingerprint density at radius 3 is 2.63 bits per heavy atom. The monoisotopic (exact) mass is 471 g/mol. The Labute approximate surface area is 201 Å². The minimum absolute atomic E-state index is 0.266. The van der Waals surface area contributed by atoms with E-state index in [1.165, 1.54) is 18.0 Å². The Hall–Kier alpha value is -4.73. The quantitative estimate of drug-likeness (QED) is 0.204. The first-order valence-corrected chi connectivity index (χ1v) is 10.9. The van der Waals surface area contributed by atoms with E-state index in [0.717, 1.165) is 22.6 Å². The van der Waals surface area contributed by atoms with Crippen LogP contribution in [-0.2, 0) is 18.4 Å². The molecule has 4 aromatic rings. The Morgan fingerprint density at radius 2 is 1.97 bits per heavy atom. The van der Waals surface area contributed by atoms with Crippen LogP contribution >= 0.6 is 0 Å². The van der Waals surface area contributed by atoms with Gasteiger partial charge in [-0.1, -0.05) is 18.2 Å². The van der Waals surface area contributed by atoms with Crippen LogP contribution in [-0.4, -0.2) is 43.8 Å². The van der Waals surface area contributed by atoms with Crippen molar-refractivity contribution in [3.05, 3.63) is 83.8 Å². The first-order valence-electron chi connectivity index (χ1n) is 10.9. The van der Waals surface area contributed by atoms with E-state index >= 15 is 0 Å². The number of amides is 1. The van der Waals surface area contributed by atoms with Crippen LogP contribution in [0.3, 0.4) is 0 Å². The zero-order valence-electron chi connectivity index (χ0n) is 19.3. The van der Waals surface area contributed by atoms with Gasteiger partial charge in [0.25, 0.3) is 5.91 Å². The molecule has 4 rings (SSSR count). The fourth-order valence-electron chi connectivity index (χ4n) is 3.72. The summed E-state index contributed by atoms with van der Waals surface area (Å²) in [5, 5.41) is 16.4. The van der Waals surface area contributed by atoms with Gasteiger partial charge in [-0.25, -0.2) is 14.8 Å². The lowest BCUT2D eigenvalue weighted by Crippen LogP contribution is -2.44. The van der Waals surface area contributed by atoms with Crippen molar-refractivity contribution < 1.29 is 14.7 Å². The zero-order chi connectivity index (χ0) is 24.9. The molecule has 0 aliphatic rings. The van der Waals surface area contributed by atoms with Crippen LogP contribution in [0.15, 0.2) is 72.0 Å². The SMILES string of the molecule is C[C@@H](C(=O)O)N(C(=O)c1ccc2c(c1)nc(CNc1ccc(C=NN)cc1)n2C)c1ccccn1. The summed E-state index contributed by atoms with van der Waals surface area (Å²) in [5.41, 5.74) is 3.62. The smallest absolute Gasteiger partial charge is 0.326 e. The van der Waals surface area contributed by atoms with Gasteiger partial charge in [-0.3, -0.25) is 9.69 Å². The molecule has 0 bridgehead atoms. The number of pyridine rings is 1. The van der Waals surface area contributed by atoms with Crippen molar-refractivity contribution in [1.29, 1.82) is 0 Å². The summed E-state index contributed by atoms with van der Waals surface area (Å²) in [5.74, 6) is 4.63. The number of nitrogens with two attached hydrogens (primary N) is 1. The molecule has 0 saturated carbocycles. The number of nitrogens with zero attached hydrogens (tertiary/aromatic N) is 5. The number of aryl methyl sites for hydroxylation is 1. The normalized spacial score (nSPS) is 12.1. The highest BCUT2D eigenvalue weighted by Gasteiger charge is 2.29. The number of imidazole rings is 1. The van der Waals surface area contributed by atoms with Gasteiger partial charge in [0.15, 0.2) is 0 Å². The number of aliphatic carboxylic acids is 1. The molecule has 2 aromatic carbocycles. The first-order chi connectivity index (χ1) is 16.9. The highest BCUT2D eigenvalue weighted by molar-refractivity contribution is 6.09. The minimum Gasteiger partial charge on any atom is -0.480 e. The molecule has 0 unspecified atom stereocenters. The summed E-state index contributed by atoms with van der Waals surface area (Å²) < 4.78 is 1.95. The first kappa shape index (κ1) is 23.4. The van der Waals surface area contributed by atoms with Crippen LogP contribution in [0.2, 0.25) is 0 Å². The summed E-state index contributed by atoms with van der Waals surface area (Å²) in [7, 11) is 1.90. The van der Waals surface area contributed by atoms with E-state index < -0.39 is 17.9 Å². The van der Waals surface area contributed by atoms with Gasteiger partial charge in [-0.2, -0.15) is 5.10 Å². The molecule has 4 N–H and O–H groups in total. The van der Waals surface area contributed by atoms with E-state index in [1.54, 1.807) is 36.5 Å². The van der Waals surface area contributed by atoms with Crippen LogP contribution in [0.25, 0.3) is 11.0 Å². The average molecular weight is 472 g/mol. The van der Waals surface area contributed by atoms with Gasteiger partial charge >= 0.3 is 5.97 Å². The van der Waals surface area contributed by atoms with Gasteiger partial charge in [0, 0.05) is 24.5 Å². The summed E-state index contributed by atoms with van der Waals surface area (Å²) >= 11 is 0. The molecule has 10 nitrogen and oxygen atoms in total. The second kappa shape index (κ2) is 10.0. The van der Waals surface area contributed by atoms with Crippen LogP contribution in [0.5, 0.6) is 0 Å². The van der Waals surface area contributed by atoms with E-state index in [0.29, 0.717) is 17.6 Å². The topological polar surface area (TPSA) is 139 Å². The number of hydrazone groups is 1. The maximum atomic E-state index is 13.4. The lowest BCUT2D eigenvalue weighted by Gasteiger charge is -2.25. The zero-order valence-corrected chi connectivity index (χ0v) is 19.3. The fourth-order valence-corrected chi connectivity index (χ4v) is 3.72. The van der Waals surface area contributed by atoms with Crippen molar-refractivity contribution >= 4 is 40.6 Å². The number of carboxylic acid groups (broad SMARTS) is 1. The number of hydrogen-bond acceptors (Lipinski definition) is 7. The molecule has 0 fully saturated rings. The molecular weight excluding hydrogens is 446 g/mol. The molecular formula is C25H25N7O3. The van der Waals surface area contributed by atoms with Gasteiger partial charge in [0.05, 0.1) is 23.8 Å². The number of aromatic nitrogens is 3. The molecule has 0 spiro atoms. The van der Waals surface area contributed by atoms with Crippen molar-refractivity contribution in [2.24, 2.45) is 18.0 Å². The lowest BCUT2D eigenvalue weighted by molar-refractivity contribution is -0.138. The maximum Gasteiger partial charge on any atom is 0.326 e. The molecule has 178 valence electrons. The van der Waals surface area contributed by atoms with E-state index in [4.69, 9.17) is 5.84 Å². The predicted molar refractivity (Wildman–Crippen MR) is 134 cm³/mol. The number of nitrogens with one attached hydrogen (secondary N) is 1. The van der Waals surface area contributed by atoms with Gasteiger partial charge in [0.2, 0.25) is 0 Å². The van der Waals surface area contributed by atoms with Crippen molar-refractivity contribution in [1.82, 2.24) is 14.5 Å². The lowest BCUT2D eigenvalue weighted by atomic mass is 10.1. The second-order valence-corrected chi connectivity index (χ2v) is 7.92. The second-order valence-electron chi connectivity index (χ2n) is 7.92. The number of benzene rings is 2.